The first-order chi connectivity index (χ1) is 9.93. The fourth-order valence-corrected chi connectivity index (χ4v) is 4.70. The van der Waals surface area contributed by atoms with E-state index in [1.807, 2.05) is 18.7 Å². The highest BCUT2D eigenvalue weighted by Gasteiger charge is 2.44. The van der Waals surface area contributed by atoms with E-state index < -0.39 is 5.54 Å². The number of carbonyl (C=O) groups excluding carboxylic acids is 1. The number of hydrogen-bond acceptors (Lipinski definition) is 5. The summed E-state index contributed by atoms with van der Waals surface area (Å²) in [5.74, 6) is -0.0983. The molecule has 21 heavy (non-hydrogen) atoms. The molecule has 1 fully saturated rings. The zero-order chi connectivity index (χ0) is 15.9. The van der Waals surface area contributed by atoms with Gasteiger partial charge in [0, 0.05) is 23.1 Å². The third kappa shape index (κ3) is 5.80. The number of carbonyl (C=O) groups is 1. The summed E-state index contributed by atoms with van der Waals surface area (Å²) in [5.41, 5.74) is -0.529. The Kier molecular flexibility index (Phi) is 8.06. The summed E-state index contributed by atoms with van der Waals surface area (Å²) in [6.45, 7) is 8.82. The number of esters is 1. The number of aliphatic hydroxyl groups is 1. The molecule has 1 rings (SSSR count). The molecule has 0 amide bonds. The zero-order valence-corrected chi connectivity index (χ0v) is 14.7. The van der Waals surface area contributed by atoms with E-state index in [2.05, 4.69) is 26.1 Å². The van der Waals surface area contributed by atoms with E-state index in [1.165, 1.54) is 0 Å². The van der Waals surface area contributed by atoms with Crippen molar-refractivity contribution in [1.29, 1.82) is 0 Å². The van der Waals surface area contributed by atoms with Crippen molar-refractivity contribution < 1.29 is 14.6 Å². The minimum Gasteiger partial charge on any atom is -0.465 e. The summed E-state index contributed by atoms with van der Waals surface area (Å²) in [7, 11) is 0. The van der Waals surface area contributed by atoms with Gasteiger partial charge in [-0.3, -0.25) is 10.1 Å². The lowest BCUT2D eigenvalue weighted by Crippen LogP contribution is -2.58. The second-order valence-corrected chi connectivity index (χ2v) is 8.02. The molecule has 5 heteroatoms. The van der Waals surface area contributed by atoms with Crippen molar-refractivity contribution in [3.63, 3.8) is 0 Å². The second-order valence-electron chi connectivity index (χ2n) is 6.28. The van der Waals surface area contributed by atoms with Gasteiger partial charge in [-0.05, 0) is 52.9 Å². The van der Waals surface area contributed by atoms with Crippen LogP contribution in [0.15, 0.2) is 0 Å². The Balaban J connectivity index is 2.75. The lowest BCUT2D eigenvalue weighted by Gasteiger charge is -2.41. The van der Waals surface area contributed by atoms with E-state index in [9.17, 15) is 4.79 Å². The molecule has 0 aromatic heterocycles. The van der Waals surface area contributed by atoms with Crippen LogP contribution in [-0.2, 0) is 9.53 Å². The summed E-state index contributed by atoms with van der Waals surface area (Å²) in [5, 5.41) is 13.4. The molecule has 0 aliphatic heterocycles. The maximum atomic E-state index is 12.5. The second kappa shape index (κ2) is 9.01. The highest BCUT2D eigenvalue weighted by Crippen LogP contribution is 2.38. The Bertz CT molecular complexity index is 325. The number of rotatable bonds is 8. The van der Waals surface area contributed by atoms with E-state index in [0.717, 1.165) is 32.1 Å². The molecule has 2 N–H and O–H groups in total. The van der Waals surface area contributed by atoms with Gasteiger partial charge < -0.3 is 9.84 Å². The Morgan fingerprint density at radius 1 is 1.48 bits per heavy atom. The molecule has 0 bridgehead atoms. The molecule has 1 aliphatic carbocycles. The Morgan fingerprint density at radius 2 is 2.19 bits per heavy atom. The van der Waals surface area contributed by atoms with Crippen molar-refractivity contribution in [2.24, 2.45) is 0 Å². The van der Waals surface area contributed by atoms with Gasteiger partial charge in [0.1, 0.15) is 5.54 Å². The van der Waals surface area contributed by atoms with Gasteiger partial charge >= 0.3 is 5.97 Å². The van der Waals surface area contributed by atoms with Gasteiger partial charge in [-0.2, -0.15) is 11.8 Å². The van der Waals surface area contributed by atoms with Crippen LogP contribution in [-0.4, -0.2) is 46.4 Å². The van der Waals surface area contributed by atoms with Crippen LogP contribution in [0.2, 0.25) is 0 Å². The first-order valence-electron chi connectivity index (χ1n) is 8.14. The highest BCUT2D eigenvalue weighted by atomic mass is 32.2. The van der Waals surface area contributed by atoms with E-state index in [0.29, 0.717) is 17.1 Å². The number of thioether (sulfide) groups is 1. The fraction of sp³-hybridized carbons (Fsp3) is 0.938. The normalized spacial score (nSPS) is 27.6. The third-order valence-corrected chi connectivity index (χ3v) is 5.38. The first kappa shape index (κ1) is 18.8. The SMILES string of the molecule is CCOC(=O)C1(NC(C)C)CCCC(SC(C)CCO)C1. The molecule has 0 radical (unpaired) electrons. The lowest BCUT2D eigenvalue weighted by atomic mass is 9.80. The molecule has 4 nitrogen and oxygen atoms in total. The molecule has 3 atom stereocenters. The molecular weight excluding hydrogens is 286 g/mol. The smallest absolute Gasteiger partial charge is 0.326 e. The van der Waals surface area contributed by atoms with Gasteiger partial charge in [-0.15, -0.1) is 0 Å². The summed E-state index contributed by atoms with van der Waals surface area (Å²) >= 11 is 1.90. The van der Waals surface area contributed by atoms with Gasteiger partial charge in [-0.25, -0.2) is 0 Å². The largest absolute Gasteiger partial charge is 0.465 e. The van der Waals surface area contributed by atoms with Crippen molar-refractivity contribution in [3.05, 3.63) is 0 Å². The van der Waals surface area contributed by atoms with Crippen LogP contribution in [0, 0.1) is 0 Å². The van der Waals surface area contributed by atoms with Crippen molar-refractivity contribution in [3.8, 4) is 0 Å². The molecular formula is C16H31NO3S. The molecule has 0 heterocycles. The molecule has 3 unspecified atom stereocenters. The highest BCUT2D eigenvalue weighted by molar-refractivity contribution is 8.00. The maximum Gasteiger partial charge on any atom is 0.326 e. The molecule has 124 valence electrons. The average Bonchev–Trinajstić information content (AvgIpc) is 2.38. The van der Waals surface area contributed by atoms with Crippen molar-refractivity contribution in [2.75, 3.05) is 13.2 Å². The van der Waals surface area contributed by atoms with Crippen LogP contribution < -0.4 is 5.32 Å². The van der Waals surface area contributed by atoms with Crippen LogP contribution in [0.4, 0.5) is 0 Å². The standard InChI is InChI=1S/C16H31NO3S/c1-5-20-15(19)16(17-12(2)3)9-6-7-14(11-16)21-13(4)8-10-18/h12-14,17-18H,5-11H2,1-4H3. The van der Waals surface area contributed by atoms with E-state index >= 15 is 0 Å². The Labute approximate surface area is 133 Å². The van der Waals surface area contributed by atoms with Crippen molar-refractivity contribution in [2.45, 2.75) is 81.9 Å². The fourth-order valence-electron chi connectivity index (χ4n) is 3.12. The Morgan fingerprint density at radius 3 is 2.76 bits per heavy atom. The Hall–Kier alpha value is -0.260. The maximum absolute atomic E-state index is 12.5. The minimum absolute atomic E-state index is 0.0983. The quantitative estimate of drug-likeness (QED) is 0.674. The summed E-state index contributed by atoms with van der Waals surface area (Å²) < 4.78 is 5.34. The third-order valence-electron chi connectivity index (χ3n) is 3.90. The van der Waals surface area contributed by atoms with Crippen molar-refractivity contribution in [1.82, 2.24) is 5.32 Å². The average molecular weight is 317 g/mol. The number of nitrogens with one attached hydrogen (secondary N) is 1. The van der Waals surface area contributed by atoms with Gasteiger partial charge in [-0.1, -0.05) is 6.92 Å². The zero-order valence-electron chi connectivity index (χ0n) is 13.9. The molecule has 0 aromatic rings. The van der Waals surface area contributed by atoms with Crippen LogP contribution in [0.3, 0.4) is 0 Å². The van der Waals surface area contributed by atoms with Crippen LogP contribution >= 0.6 is 11.8 Å². The lowest BCUT2D eigenvalue weighted by molar-refractivity contribution is -0.153. The van der Waals surface area contributed by atoms with E-state index in [1.54, 1.807) is 0 Å². The number of hydrogen-bond donors (Lipinski definition) is 2. The van der Waals surface area contributed by atoms with Crippen molar-refractivity contribution >= 4 is 17.7 Å². The van der Waals surface area contributed by atoms with Crippen LogP contribution in [0.25, 0.3) is 0 Å². The molecule has 1 saturated carbocycles. The minimum atomic E-state index is -0.529. The van der Waals surface area contributed by atoms with Crippen LogP contribution in [0.1, 0.15) is 59.8 Å². The van der Waals surface area contributed by atoms with Gasteiger partial charge in [0.25, 0.3) is 0 Å². The number of ether oxygens (including phenoxy) is 1. The summed E-state index contributed by atoms with van der Waals surface area (Å²) in [6, 6.07) is 0.257. The summed E-state index contributed by atoms with van der Waals surface area (Å²) in [6.07, 6.45) is 4.68. The molecule has 0 aromatic carbocycles. The molecule has 0 spiro atoms. The number of aliphatic hydroxyl groups excluding tert-OH is 1. The van der Waals surface area contributed by atoms with E-state index in [4.69, 9.17) is 9.84 Å². The predicted molar refractivity (Wildman–Crippen MR) is 88.6 cm³/mol. The van der Waals surface area contributed by atoms with Gasteiger partial charge in [0.15, 0.2) is 0 Å². The van der Waals surface area contributed by atoms with Crippen LogP contribution in [0.5, 0.6) is 0 Å². The topological polar surface area (TPSA) is 58.6 Å². The van der Waals surface area contributed by atoms with E-state index in [-0.39, 0.29) is 18.6 Å². The van der Waals surface area contributed by atoms with Gasteiger partial charge in [0.2, 0.25) is 0 Å². The molecule has 1 aliphatic rings. The molecule has 0 saturated heterocycles. The summed E-state index contributed by atoms with van der Waals surface area (Å²) in [4.78, 5) is 12.5. The predicted octanol–water partition coefficient (Wildman–Crippen LogP) is 2.73. The monoisotopic (exact) mass is 317 g/mol. The van der Waals surface area contributed by atoms with Gasteiger partial charge in [0.05, 0.1) is 6.61 Å². The first-order valence-corrected chi connectivity index (χ1v) is 9.09.